The number of nitrogens with zero attached hydrogens (tertiary/aromatic N) is 2. The van der Waals surface area contributed by atoms with Gasteiger partial charge in [0.2, 0.25) is 0 Å². The summed E-state index contributed by atoms with van der Waals surface area (Å²) in [7, 11) is 0. The maximum absolute atomic E-state index is 11.0. The Labute approximate surface area is 106 Å². The molecule has 5 heteroatoms. The lowest BCUT2D eigenvalue weighted by molar-refractivity contribution is -0.385. The van der Waals surface area contributed by atoms with Gasteiger partial charge in [-0.3, -0.25) is 10.1 Å². The van der Waals surface area contributed by atoms with Crippen LogP contribution in [0.3, 0.4) is 0 Å². The molecular weight excluding hydrogens is 230 g/mol. The summed E-state index contributed by atoms with van der Waals surface area (Å²) >= 11 is 0. The summed E-state index contributed by atoms with van der Waals surface area (Å²) < 4.78 is 0. The third-order valence-corrected chi connectivity index (χ3v) is 4.14. The number of nitro benzene ring substituents is 1. The fourth-order valence-electron chi connectivity index (χ4n) is 3.06. The Bertz CT molecular complexity index is 477. The molecular formula is C13H17N3O2. The molecule has 0 saturated carbocycles. The molecule has 18 heavy (non-hydrogen) atoms. The highest BCUT2D eigenvalue weighted by atomic mass is 16.6. The average Bonchev–Trinajstić information content (AvgIpc) is 2.89. The zero-order chi connectivity index (χ0) is 12.7. The van der Waals surface area contributed by atoms with Gasteiger partial charge in [0.25, 0.3) is 5.69 Å². The first-order chi connectivity index (χ1) is 8.65. The molecule has 0 amide bonds. The van der Waals surface area contributed by atoms with Crippen LogP contribution in [0.2, 0.25) is 0 Å². The van der Waals surface area contributed by atoms with E-state index in [0.717, 1.165) is 37.4 Å². The second-order valence-corrected chi connectivity index (χ2v) is 5.31. The van der Waals surface area contributed by atoms with Gasteiger partial charge in [-0.15, -0.1) is 0 Å². The van der Waals surface area contributed by atoms with Crippen molar-refractivity contribution in [2.24, 2.45) is 11.8 Å². The van der Waals surface area contributed by atoms with Crippen LogP contribution in [0, 0.1) is 28.9 Å². The molecule has 1 N–H and O–H groups in total. The molecule has 2 heterocycles. The van der Waals surface area contributed by atoms with Gasteiger partial charge in [0.05, 0.1) is 4.92 Å². The SMILES string of the molecule is Cc1ccc(N2C[C@H]3CNC[C@H]3C2)cc1[N+](=O)[O-]. The largest absolute Gasteiger partial charge is 0.371 e. The minimum absolute atomic E-state index is 0.225. The van der Waals surface area contributed by atoms with Crippen molar-refractivity contribution < 1.29 is 4.92 Å². The first-order valence-electron chi connectivity index (χ1n) is 6.36. The zero-order valence-electron chi connectivity index (χ0n) is 10.4. The van der Waals surface area contributed by atoms with Gasteiger partial charge in [0.1, 0.15) is 0 Å². The van der Waals surface area contributed by atoms with Crippen LogP contribution in [0.15, 0.2) is 18.2 Å². The van der Waals surface area contributed by atoms with Gasteiger partial charge in [-0.2, -0.15) is 0 Å². The van der Waals surface area contributed by atoms with Crippen molar-refractivity contribution in [1.82, 2.24) is 5.32 Å². The predicted molar refractivity (Wildman–Crippen MR) is 69.9 cm³/mol. The molecule has 1 aromatic rings. The second-order valence-electron chi connectivity index (χ2n) is 5.31. The summed E-state index contributed by atoms with van der Waals surface area (Å²) in [6, 6.07) is 5.56. The Balaban J connectivity index is 1.85. The van der Waals surface area contributed by atoms with Gasteiger partial charge in [0.15, 0.2) is 0 Å². The van der Waals surface area contributed by atoms with Crippen LogP contribution < -0.4 is 10.2 Å². The number of hydrogen-bond donors (Lipinski definition) is 1. The van der Waals surface area contributed by atoms with E-state index in [1.54, 1.807) is 13.0 Å². The summed E-state index contributed by atoms with van der Waals surface area (Å²) in [4.78, 5) is 12.9. The Morgan fingerprint density at radius 2 is 2.00 bits per heavy atom. The molecule has 2 aliphatic rings. The molecule has 0 bridgehead atoms. The van der Waals surface area contributed by atoms with E-state index in [9.17, 15) is 10.1 Å². The summed E-state index contributed by atoms with van der Waals surface area (Å²) in [6.45, 7) is 5.96. The number of anilines is 1. The molecule has 0 spiro atoms. The van der Waals surface area contributed by atoms with Crippen molar-refractivity contribution >= 4 is 11.4 Å². The molecule has 2 atom stereocenters. The molecule has 1 aromatic carbocycles. The van der Waals surface area contributed by atoms with Crippen LogP contribution in [0.1, 0.15) is 5.56 Å². The highest BCUT2D eigenvalue weighted by molar-refractivity contribution is 5.57. The molecule has 2 saturated heterocycles. The Hall–Kier alpha value is -1.62. The highest BCUT2D eigenvalue weighted by Gasteiger charge is 2.36. The normalized spacial score (nSPS) is 26.4. The predicted octanol–water partition coefficient (Wildman–Crippen LogP) is 1.56. The van der Waals surface area contributed by atoms with E-state index in [1.165, 1.54) is 0 Å². The molecule has 2 aliphatic heterocycles. The van der Waals surface area contributed by atoms with Crippen molar-refractivity contribution in [2.75, 3.05) is 31.1 Å². The summed E-state index contributed by atoms with van der Waals surface area (Å²) in [6.07, 6.45) is 0. The molecule has 0 radical (unpaired) electrons. The topological polar surface area (TPSA) is 58.4 Å². The Kier molecular flexibility index (Phi) is 2.70. The van der Waals surface area contributed by atoms with E-state index in [-0.39, 0.29) is 10.6 Å². The van der Waals surface area contributed by atoms with Gasteiger partial charge >= 0.3 is 0 Å². The smallest absolute Gasteiger partial charge is 0.274 e. The fraction of sp³-hybridized carbons (Fsp3) is 0.538. The van der Waals surface area contributed by atoms with Crippen molar-refractivity contribution in [3.05, 3.63) is 33.9 Å². The standard InChI is InChI=1S/C13H17N3O2/c1-9-2-3-12(4-13(9)16(17)18)15-7-10-5-14-6-11(10)8-15/h2-4,10-11,14H,5-8H2,1H3/t10-,11+. The van der Waals surface area contributed by atoms with Gasteiger partial charge < -0.3 is 10.2 Å². The summed E-state index contributed by atoms with van der Waals surface area (Å²) in [5, 5.41) is 14.4. The van der Waals surface area contributed by atoms with E-state index in [0.29, 0.717) is 11.8 Å². The van der Waals surface area contributed by atoms with E-state index in [1.807, 2.05) is 12.1 Å². The van der Waals surface area contributed by atoms with E-state index in [4.69, 9.17) is 0 Å². The monoisotopic (exact) mass is 247 g/mol. The summed E-state index contributed by atoms with van der Waals surface area (Å²) in [5.74, 6) is 1.40. The lowest BCUT2D eigenvalue weighted by atomic mass is 10.0. The van der Waals surface area contributed by atoms with Crippen LogP contribution in [-0.2, 0) is 0 Å². The van der Waals surface area contributed by atoms with Crippen LogP contribution in [0.25, 0.3) is 0 Å². The number of fused-ring (bicyclic) bond motifs is 1. The fourth-order valence-corrected chi connectivity index (χ4v) is 3.06. The Morgan fingerprint density at radius 1 is 1.33 bits per heavy atom. The number of benzene rings is 1. The van der Waals surface area contributed by atoms with Gasteiger partial charge in [-0.25, -0.2) is 0 Å². The first kappa shape index (κ1) is 11.5. The number of rotatable bonds is 2. The Morgan fingerprint density at radius 3 is 2.61 bits per heavy atom. The lowest BCUT2D eigenvalue weighted by Crippen LogP contribution is -2.25. The zero-order valence-corrected chi connectivity index (χ0v) is 10.4. The molecule has 5 nitrogen and oxygen atoms in total. The second kappa shape index (κ2) is 4.24. The van der Waals surface area contributed by atoms with Crippen LogP contribution in [0.5, 0.6) is 0 Å². The molecule has 0 aliphatic carbocycles. The maximum atomic E-state index is 11.0. The highest BCUT2D eigenvalue weighted by Crippen LogP contribution is 2.32. The van der Waals surface area contributed by atoms with Crippen molar-refractivity contribution in [3.63, 3.8) is 0 Å². The maximum Gasteiger partial charge on any atom is 0.274 e. The number of nitrogens with one attached hydrogen (secondary N) is 1. The minimum Gasteiger partial charge on any atom is -0.371 e. The molecule has 0 aromatic heterocycles. The molecule has 3 rings (SSSR count). The number of aryl methyl sites for hydroxylation is 1. The average molecular weight is 247 g/mol. The third-order valence-electron chi connectivity index (χ3n) is 4.14. The van der Waals surface area contributed by atoms with E-state index in [2.05, 4.69) is 10.2 Å². The van der Waals surface area contributed by atoms with E-state index < -0.39 is 0 Å². The van der Waals surface area contributed by atoms with Gasteiger partial charge in [0, 0.05) is 43.5 Å². The van der Waals surface area contributed by atoms with Crippen molar-refractivity contribution in [2.45, 2.75) is 6.92 Å². The van der Waals surface area contributed by atoms with Crippen LogP contribution in [-0.4, -0.2) is 31.1 Å². The third kappa shape index (κ3) is 1.84. The summed E-state index contributed by atoms with van der Waals surface area (Å²) in [5.41, 5.74) is 1.94. The van der Waals surface area contributed by atoms with Crippen molar-refractivity contribution in [1.29, 1.82) is 0 Å². The quantitative estimate of drug-likeness (QED) is 0.636. The number of nitro groups is 1. The molecule has 96 valence electrons. The van der Waals surface area contributed by atoms with Crippen molar-refractivity contribution in [3.8, 4) is 0 Å². The van der Waals surface area contributed by atoms with Crippen LogP contribution in [0.4, 0.5) is 11.4 Å². The first-order valence-corrected chi connectivity index (χ1v) is 6.36. The minimum atomic E-state index is -0.294. The molecule has 2 fully saturated rings. The number of hydrogen-bond acceptors (Lipinski definition) is 4. The van der Waals surface area contributed by atoms with E-state index >= 15 is 0 Å². The lowest BCUT2D eigenvalue weighted by Gasteiger charge is -2.19. The molecule has 0 unspecified atom stereocenters. The van der Waals surface area contributed by atoms with Gasteiger partial charge in [-0.05, 0) is 24.8 Å². The van der Waals surface area contributed by atoms with Gasteiger partial charge in [-0.1, -0.05) is 6.07 Å². The van der Waals surface area contributed by atoms with Crippen LogP contribution >= 0.6 is 0 Å².